The fourth-order valence-electron chi connectivity index (χ4n) is 1.67. The number of ether oxygens (including phenoxy) is 2. The van der Waals surface area contributed by atoms with Crippen molar-refractivity contribution in [3.63, 3.8) is 0 Å². The predicted octanol–water partition coefficient (Wildman–Crippen LogP) is 2.70. The van der Waals surface area contributed by atoms with Gasteiger partial charge in [-0.3, -0.25) is 0 Å². The van der Waals surface area contributed by atoms with Crippen LogP contribution < -0.4 is 9.47 Å². The SMILES string of the molecule is COc1cc(C)c(C(O)C(C)C)cc1OC. The molecule has 0 aromatic heterocycles. The number of hydrogen-bond acceptors (Lipinski definition) is 3. The first-order valence-electron chi connectivity index (χ1n) is 5.41. The highest BCUT2D eigenvalue weighted by Crippen LogP contribution is 2.34. The molecule has 1 atom stereocenters. The van der Waals surface area contributed by atoms with Crippen molar-refractivity contribution in [3.05, 3.63) is 23.3 Å². The molecule has 1 N–H and O–H groups in total. The third-order valence-electron chi connectivity index (χ3n) is 2.72. The van der Waals surface area contributed by atoms with Crippen LogP contribution in [0.2, 0.25) is 0 Å². The fourth-order valence-corrected chi connectivity index (χ4v) is 1.67. The zero-order chi connectivity index (χ0) is 12.3. The number of methoxy groups -OCH3 is 2. The molecule has 3 heteroatoms. The topological polar surface area (TPSA) is 38.7 Å². The molecule has 3 nitrogen and oxygen atoms in total. The van der Waals surface area contributed by atoms with Crippen molar-refractivity contribution in [1.82, 2.24) is 0 Å². The lowest BCUT2D eigenvalue weighted by molar-refractivity contribution is 0.126. The maximum Gasteiger partial charge on any atom is 0.161 e. The first-order chi connectivity index (χ1) is 7.51. The number of benzene rings is 1. The number of aliphatic hydroxyl groups excluding tert-OH is 1. The Morgan fingerprint density at radius 1 is 1.06 bits per heavy atom. The molecule has 16 heavy (non-hydrogen) atoms. The maximum atomic E-state index is 10.1. The quantitative estimate of drug-likeness (QED) is 0.854. The Balaban J connectivity index is 3.21. The van der Waals surface area contributed by atoms with Crippen LogP contribution in [-0.2, 0) is 0 Å². The lowest BCUT2D eigenvalue weighted by Gasteiger charge is -2.19. The van der Waals surface area contributed by atoms with E-state index in [1.54, 1.807) is 14.2 Å². The molecule has 0 amide bonds. The Morgan fingerprint density at radius 2 is 1.56 bits per heavy atom. The van der Waals surface area contributed by atoms with Crippen molar-refractivity contribution >= 4 is 0 Å². The molecule has 0 saturated carbocycles. The summed E-state index contributed by atoms with van der Waals surface area (Å²) in [6.07, 6.45) is -0.472. The lowest BCUT2D eigenvalue weighted by atomic mass is 9.95. The highest BCUT2D eigenvalue weighted by molar-refractivity contribution is 5.47. The van der Waals surface area contributed by atoms with Gasteiger partial charge in [0.1, 0.15) is 0 Å². The zero-order valence-electron chi connectivity index (χ0n) is 10.6. The highest BCUT2D eigenvalue weighted by atomic mass is 16.5. The second-order valence-corrected chi connectivity index (χ2v) is 4.25. The van der Waals surface area contributed by atoms with Crippen molar-refractivity contribution in [2.75, 3.05) is 14.2 Å². The second-order valence-electron chi connectivity index (χ2n) is 4.25. The molecule has 0 radical (unpaired) electrons. The van der Waals surface area contributed by atoms with Crippen LogP contribution in [0.15, 0.2) is 12.1 Å². The molecular formula is C13H20O3. The van der Waals surface area contributed by atoms with Crippen LogP contribution in [0.5, 0.6) is 11.5 Å². The molecule has 0 aliphatic heterocycles. The van der Waals surface area contributed by atoms with E-state index in [0.29, 0.717) is 11.5 Å². The summed E-state index contributed by atoms with van der Waals surface area (Å²) in [7, 11) is 3.20. The first-order valence-corrected chi connectivity index (χ1v) is 5.41. The molecule has 0 aliphatic rings. The van der Waals surface area contributed by atoms with Crippen LogP contribution in [0.3, 0.4) is 0 Å². The largest absolute Gasteiger partial charge is 0.493 e. The summed E-state index contributed by atoms with van der Waals surface area (Å²) in [5.41, 5.74) is 1.91. The predicted molar refractivity (Wildman–Crippen MR) is 64.1 cm³/mol. The van der Waals surface area contributed by atoms with Gasteiger partial charge in [0.2, 0.25) is 0 Å². The molecule has 90 valence electrons. The highest BCUT2D eigenvalue weighted by Gasteiger charge is 2.17. The molecule has 0 bridgehead atoms. The van der Waals surface area contributed by atoms with Gasteiger partial charge in [-0.25, -0.2) is 0 Å². The maximum absolute atomic E-state index is 10.1. The third-order valence-corrected chi connectivity index (χ3v) is 2.72. The van der Waals surface area contributed by atoms with E-state index in [0.717, 1.165) is 11.1 Å². The Bertz CT molecular complexity index is 358. The van der Waals surface area contributed by atoms with E-state index in [-0.39, 0.29) is 5.92 Å². The van der Waals surface area contributed by atoms with Gasteiger partial charge in [-0.15, -0.1) is 0 Å². The van der Waals surface area contributed by atoms with Gasteiger partial charge in [-0.05, 0) is 36.1 Å². The summed E-state index contributed by atoms with van der Waals surface area (Å²) >= 11 is 0. The number of rotatable bonds is 4. The van der Waals surface area contributed by atoms with Gasteiger partial charge in [-0.2, -0.15) is 0 Å². The Labute approximate surface area is 97.0 Å². The van der Waals surface area contributed by atoms with Crippen molar-refractivity contribution < 1.29 is 14.6 Å². The smallest absolute Gasteiger partial charge is 0.161 e. The third kappa shape index (κ3) is 2.47. The van der Waals surface area contributed by atoms with Crippen LogP contribution in [0.4, 0.5) is 0 Å². The van der Waals surface area contributed by atoms with E-state index < -0.39 is 6.10 Å². The molecule has 0 fully saturated rings. The van der Waals surface area contributed by atoms with Crippen LogP contribution in [0, 0.1) is 12.8 Å². The van der Waals surface area contributed by atoms with E-state index in [1.165, 1.54) is 0 Å². The zero-order valence-corrected chi connectivity index (χ0v) is 10.6. The number of aliphatic hydroxyl groups is 1. The molecular weight excluding hydrogens is 204 g/mol. The first kappa shape index (κ1) is 12.8. The van der Waals surface area contributed by atoms with Gasteiger partial charge >= 0.3 is 0 Å². The van der Waals surface area contributed by atoms with Crippen LogP contribution in [0.25, 0.3) is 0 Å². The Hall–Kier alpha value is -1.22. The van der Waals surface area contributed by atoms with Gasteiger partial charge < -0.3 is 14.6 Å². The van der Waals surface area contributed by atoms with Gasteiger partial charge in [-0.1, -0.05) is 13.8 Å². The Kier molecular flexibility index (Phi) is 4.19. The van der Waals surface area contributed by atoms with Crippen molar-refractivity contribution in [3.8, 4) is 11.5 Å². The molecule has 1 aromatic rings. The van der Waals surface area contributed by atoms with Crippen molar-refractivity contribution in [2.45, 2.75) is 26.9 Å². The summed E-state index contributed by atoms with van der Waals surface area (Å²) in [6, 6.07) is 3.73. The van der Waals surface area contributed by atoms with E-state index >= 15 is 0 Å². The van der Waals surface area contributed by atoms with E-state index in [1.807, 2.05) is 32.9 Å². The normalized spacial score (nSPS) is 12.7. The van der Waals surface area contributed by atoms with Gasteiger partial charge in [0.05, 0.1) is 20.3 Å². The summed E-state index contributed by atoms with van der Waals surface area (Å²) in [6.45, 7) is 5.94. The second kappa shape index (κ2) is 5.21. The van der Waals surface area contributed by atoms with Crippen molar-refractivity contribution in [1.29, 1.82) is 0 Å². The van der Waals surface area contributed by atoms with Crippen LogP contribution in [-0.4, -0.2) is 19.3 Å². The van der Waals surface area contributed by atoms with Crippen LogP contribution >= 0.6 is 0 Å². The minimum Gasteiger partial charge on any atom is -0.493 e. The summed E-state index contributed by atoms with van der Waals surface area (Å²) in [5, 5.41) is 10.1. The molecule has 0 saturated heterocycles. The van der Waals surface area contributed by atoms with Gasteiger partial charge in [0, 0.05) is 0 Å². The van der Waals surface area contributed by atoms with Gasteiger partial charge in [0.15, 0.2) is 11.5 Å². The number of hydrogen-bond donors (Lipinski definition) is 1. The monoisotopic (exact) mass is 224 g/mol. The molecule has 0 aliphatic carbocycles. The van der Waals surface area contributed by atoms with E-state index in [4.69, 9.17) is 9.47 Å². The molecule has 1 aromatic carbocycles. The standard InChI is InChI=1S/C13H20O3/c1-8(2)13(14)10-7-12(16-5)11(15-4)6-9(10)3/h6-8,13-14H,1-5H3. The number of aryl methyl sites for hydroxylation is 1. The summed E-state index contributed by atoms with van der Waals surface area (Å²) in [5.74, 6) is 1.53. The van der Waals surface area contributed by atoms with Crippen LogP contribution in [0.1, 0.15) is 31.1 Å². The molecule has 1 unspecified atom stereocenters. The average molecular weight is 224 g/mol. The molecule has 0 spiro atoms. The molecule has 0 heterocycles. The molecule has 1 rings (SSSR count). The summed E-state index contributed by atoms with van der Waals surface area (Å²) in [4.78, 5) is 0. The van der Waals surface area contributed by atoms with Crippen molar-refractivity contribution in [2.24, 2.45) is 5.92 Å². The Morgan fingerprint density at radius 3 is 2.00 bits per heavy atom. The van der Waals surface area contributed by atoms with E-state index in [9.17, 15) is 5.11 Å². The van der Waals surface area contributed by atoms with E-state index in [2.05, 4.69) is 0 Å². The minimum atomic E-state index is -0.472. The average Bonchev–Trinajstić information content (AvgIpc) is 2.27. The fraction of sp³-hybridized carbons (Fsp3) is 0.538. The minimum absolute atomic E-state index is 0.178. The van der Waals surface area contributed by atoms with Gasteiger partial charge in [0.25, 0.3) is 0 Å². The summed E-state index contributed by atoms with van der Waals surface area (Å²) < 4.78 is 10.4. The lowest BCUT2D eigenvalue weighted by Crippen LogP contribution is -2.08.